The Morgan fingerprint density at radius 2 is 1.12 bits per heavy atom. The third-order valence-corrected chi connectivity index (χ3v) is 7.94. The summed E-state index contributed by atoms with van der Waals surface area (Å²) in [6, 6.07) is 20.8. The van der Waals surface area contributed by atoms with Gasteiger partial charge in [0.05, 0.1) is 17.3 Å². The van der Waals surface area contributed by atoms with Gasteiger partial charge in [0, 0.05) is 24.7 Å². The standard InChI is InChI=1S/C21H26O2S2/c1-3-7-19(8-4-1)17-22-13-11-21(24-15-16-25-21)12-14-23-18-20-9-5-2-6-10-20/h1-10H,11-18H2. The minimum absolute atomic E-state index is 0.271. The molecule has 134 valence electrons. The first-order chi connectivity index (χ1) is 12.4. The van der Waals surface area contributed by atoms with Crippen molar-refractivity contribution in [2.24, 2.45) is 0 Å². The van der Waals surface area contributed by atoms with Crippen LogP contribution in [-0.2, 0) is 22.7 Å². The van der Waals surface area contributed by atoms with Gasteiger partial charge in [-0.15, -0.1) is 23.5 Å². The maximum atomic E-state index is 5.91. The second-order valence-corrected chi connectivity index (χ2v) is 9.40. The Bertz CT molecular complexity index is 548. The molecule has 1 aliphatic heterocycles. The highest BCUT2D eigenvalue weighted by molar-refractivity contribution is 8.21. The molecule has 0 N–H and O–H groups in total. The van der Waals surface area contributed by atoms with Crippen molar-refractivity contribution in [1.29, 1.82) is 0 Å². The molecule has 0 aliphatic carbocycles. The van der Waals surface area contributed by atoms with Crippen molar-refractivity contribution in [2.45, 2.75) is 30.1 Å². The summed E-state index contributed by atoms with van der Waals surface area (Å²) in [7, 11) is 0. The normalized spacial score (nSPS) is 16.2. The first kappa shape index (κ1) is 18.8. The Morgan fingerprint density at radius 3 is 1.56 bits per heavy atom. The summed E-state index contributed by atoms with van der Waals surface area (Å²) < 4.78 is 12.1. The van der Waals surface area contributed by atoms with Crippen LogP contribution in [0.3, 0.4) is 0 Å². The van der Waals surface area contributed by atoms with Gasteiger partial charge in [-0.05, 0) is 24.0 Å². The molecular weight excluding hydrogens is 348 g/mol. The zero-order chi connectivity index (χ0) is 17.2. The predicted molar refractivity (Wildman–Crippen MR) is 109 cm³/mol. The third kappa shape index (κ3) is 6.37. The van der Waals surface area contributed by atoms with Crippen molar-refractivity contribution in [1.82, 2.24) is 0 Å². The Kier molecular flexibility index (Phi) is 7.74. The highest BCUT2D eigenvalue weighted by Crippen LogP contribution is 2.48. The van der Waals surface area contributed by atoms with Crippen LogP contribution >= 0.6 is 23.5 Å². The lowest BCUT2D eigenvalue weighted by Gasteiger charge is -2.27. The van der Waals surface area contributed by atoms with E-state index in [1.54, 1.807) is 0 Å². The topological polar surface area (TPSA) is 18.5 Å². The molecule has 2 nitrogen and oxygen atoms in total. The van der Waals surface area contributed by atoms with Gasteiger partial charge in [-0.3, -0.25) is 0 Å². The van der Waals surface area contributed by atoms with Crippen molar-refractivity contribution in [3.8, 4) is 0 Å². The van der Waals surface area contributed by atoms with Crippen LogP contribution < -0.4 is 0 Å². The fraction of sp³-hybridized carbons (Fsp3) is 0.429. The monoisotopic (exact) mass is 374 g/mol. The van der Waals surface area contributed by atoms with Crippen molar-refractivity contribution in [2.75, 3.05) is 24.7 Å². The van der Waals surface area contributed by atoms with Crippen LogP contribution in [0.15, 0.2) is 60.7 Å². The van der Waals surface area contributed by atoms with Crippen molar-refractivity contribution >= 4 is 23.5 Å². The molecule has 0 spiro atoms. The molecule has 0 amide bonds. The van der Waals surface area contributed by atoms with Gasteiger partial charge in [0.15, 0.2) is 0 Å². The van der Waals surface area contributed by atoms with Gasteiger partial charge in [0.25, 0.3) is 0 Å². The minimum Gasteiger partial charge on any atom is -0.377 e. The average Bonchev–Trinajstić information content (AvgIpc) is 3.13. The molecule has 0 radical (unpaired) electrons. The Labute approximate surface area is 159 Å². The highest BCUT2D eigenvalue weighted by atomic mass is 32.2. The predicted octanol–water partition coefficient (Wildman–Crippen LogP) is 5.38. The van der Waals surface area contributed by atoms with E-state index >= 15 is 0 Å². The van der Waals surface area contributed by atoms with Crippen LogP contribution in [-0.4, -0.2) is 28.8 Å². The lowest BCUT2D eigenvalue weighted by molar-refractivity contribution is 0.101. The number of hydrogen-bond donors (Lipinski definition) is 0. The van der Waals surface area contributed by atoms with E-state index in [1.807, 2.05) is 12.1 Å². The van der Waals surface area contributed by atoms with E-state index in [4.69, 9.17) is 9.47 Å². The van der Waals surface area contributed by atoms with E-state index in [2.05, 4.69) is 72.1 Å². The number of ether oxygens (including phenoxy) is 2. The molecule has 25 heavy (non-hydrogen) atoms. The van der Waals surface area contributed by atoms with Crippen LogP contribution in [0, 0.1) is 0 Å². The van der Waals surface area contributed by atoms with Crippen molar-refractivity contribution < 1.29 is 9.47 Å². The fourth-order valence-electron chi connectivity index (χ4n) is 2.89. The van der Waals surface area contributed by atoms with Crippen LogP contribution in [0.25, 0.3) is 0 Å². The minimum atomic E-state index is 0.271. The van der Waals surface area contributed by atoms with E-state index in [-0.39, 0.29) is 4.08 Å². The van der Waals surface area contributed by atoms with Gasteiger partial charge < -0.3 is 9.47 Å². The molecule has 0 aromatic heterocycles. The van der Waals surface area contributed by atoms with Gasteiger partial charge in [-0.25, -0.2) is 0 Å². The second-order valence-electron chi connectivity index (χ2n) is 6.18. The van der Waals surface area contributed by atoms with Crippen molar-refractivity contribution in [3.05, 3.63) is 71.8 Å². The number of benzene rings is 2. The zero-order valence-electron chi connectivity index (χ0n) is 14.6. The smallest absolute Gasteiger partial charge is 0.0716 e. The molecule has 0 unspecified atom stereocenters. The van der Waals surface area contributed by atoms with Gasteiger partial charge in [-0.2, -0.15) is 0 Å². The van der Waals surface area contributed by atoms with E-state index < -0.39 is 0 Å². The van der Waals surface area contributed by atoms with Gasteiger partial charge in [0.2, 0.25) is 0 Å². The number of hydrogen-bond acceptors (Lipinski definition) is 4. The highest BCUT2D eigenvalue weighted by Gasteiger charge is 2.34. The number of rotatable bonds is 10. The summed E-state index contributed by atoms with van der Waals surface area (Å²) in [5.41, 5.74) is 2.49. The van der Waals surface area contributed by atoms with Crippen LogP contribution in [0.2, 0.25) is 0 Å². The summed E-state index contributed by atoms with van der Waals surface area (Å²) in [5.74, 6) is 2.48. The van der Waals surface area contributed by atoms with Crippen molar-refractivity contribution in [3.63, 3.8) is 0 Å². The zero-order valence-corrected chi connectivity index (χ0v) is 16.2. The average molecular weight is 375 g/mol. The van der Waals surface area contributed by atoms with Crippen LogP contribution in [0.1, 0.15) is 24.0 Å². The molecule has 2 aromatic rings. The summed E-state index contributed by atoms with van der Waals surface area (Å²) in [4.78, 5) is 0. The van der Waals surface area contributed by atoms with Crippen LogP contribution in [0.4, 0.5) is 0 Å². The Hall–Kier alpha value is -0.940. The third-order valence-electron chi connectivity index (χ3n) is 4.29. The van der Waals surface area contributed by atoms with Gasteiger partial charge in [0.1, 0.15) is 0 Å². The molecular formula is C21H26O2S2. The summed E-state index contributed by atoms with van der Waals surface area (Å²) in [5, 5.41) is 0. The quantitative estimate of drug-likeness (QED) is 0.520. The summed E-state index contributed by atoms with van der Waals surface area (Å²) in [6.45, 7) is 3.04. The molecule has 1 aliphatic rings. The van der Waals surface area contributed by atoms with E-state index in [0.29, 0.717) is 13.2 Å². The van der Waals surface area contributed by atoms with Crippen LogP contribution in [0.5, 0.6) is 0 Å². The fourth-order valence-corrected chi connectivity index (χ4v) is 6.05. The number of thioether (sulfide) groups is 2. The summed E-state index contributed by atoms with van der Waals surface area (Å²) in [6.07, 6.45) is 2.17. The maximum Gasteiger partial charge on any atom is 0.0716 e. The largest absolute Gasteiger partial charge is 0.377 e. The molecule has 0 atom stereocenters. The van der Waals surface area contributed by atoms with Gasteiger partial charge in [-0.1, -0.05) is 60.7 Å². The Morgan fingerprint density at radius 1 is 0.680 bits per heavy atom. The molecule has 2 aromatic carbocycles. The lowest BCUT2D eigenvalue weighted by Crippen LogP contribution is -2.22. The molecule has 3 rings (SSSR count). The molecule has 0 saturated carbocycles. The van der Waals surface area contributed by atoms with Gasteiger partial charge >= 0.3 is 0 Å². The maximum absolute atomic E-state index is 5.91. The molecule has 1 saturated heterocycles. The lowest BCUT2D eigenvalue weighted by atomic mass is 10.2. The molecule has 4 heteroatoms. The Balaban J connectivity index is 1.37. The molecule has 0 bridgehead atoms. The van der Waals surface area contributed by atoms with E-state index in [9.17, 15) is 0 Å². The SMILES string of the molecule is c1ccc(COCCC2(CCOCc3ccccc3)SCCS2)cc1. The van der Waals surface area contributed by atoms with E-state index in [0.717, 1.165) is 26.1 Å². The summed E-state index contributed by atoms with van der Waals surface area (Å²) >= 11 is 4.17. The van der Waals surface area contributed by atoms with E-state index in [1.165, 1.54) is 22.6 Å². The second kappa shape index (κ2) is 10.3. The first-order valence-corrected chi connectivity index (χ1v) is 10.8. The first-order valence-electron chi connectivity index (χ1n) is 8.88. The molecule has 1 fully saturated rings. The molecule has 1 heterocycles.